The Bertz CT molecular complexity index is 248. The molecule has 1 aromatic rings. The molecule has 1 heterocycles. The lowest BCUT2D eigenvalue weighted by atomic mass is 10.1. The zero-order valence-corrected chi connectivity index (χ0v) is 10.3. The van der Waals surface area contributed by atoms with Gasteiger partial charge in [-0.25, -0.2) is 0 Å². The highest BCUT2D eigenvalue weighted by Crippen LogP contribution is 2.14. The van der Waals surface area contributed by atoms with Gasteiger partial charge in [-0.1, -0.05) is 38.7 Å². The van der Waals surface area contributed by atoms with E-state index in [1.54, 1.807) is 0 Å². The van der Waals surface area contributed by atoms with Crippen molar-refractivity contribution >= 4 is 11.6 Å². The number of pyridine rings is 1. The summed E-state index contributed by atoms with van der Waals surface area (Å²) in [5.41, 5.74) is 0.118. The van der Waals surface area contributed by atoms with Crippen molar-refractivity contribution < 1.29 is 4.57 Å². The summed E-state index contributed by atoms with van der Waals surface area (Å²) >= 11 is 6.28. The molecular formula is C13H21ClN+. The third-order valence-corrected chi connectivity index (χ3v) is 3.05. The Morgan fingerprint density at radius 2 is 1.67 bits per heavy atom. The third-order valence-electron chi connectivity index (χ3n) is 2.61. The SMILES string of the molecule is CCCCCCCC(Cl)[n+]1ccccc1. The summed E-state index contributed by atoms with van der Waals surface area (Å²) in [6, 6.07) is 6.06. The summed E-state index contributed by atoms with van der Waals surface area (Å²) in [6.07, 6.45) is 11.7. The maximum absolute atomic E-state index is 6.28. The number of nitrogens with zero attached hydrogens (tertiary/aromatic N) is 1. The molecule has 1 nitrogen and oxygen atoms in total. The fourth-order valence-corrected chi connectivity index (χ4v) is 1.95. The first-order valence-corrected chi connectivity index (χ1v) is 6.38. The molecule has 0 aliphatic rings. The largest absolute Gasteiger partial charge is 0.232 e. The van der Waals surface area contributed by atoms with Crippen LogP contribution in [0.25, 0.3) is 0 Å². The molecule has 0 aliphatic heterocycles. The van der Waals surface area contributed by atoms with E-state index in [9.17, 15) is 0 Å². The fraction of sp³-hybridized carbons (Fsp3) is 0.615. The summed E-state index contributed by atoms with van der Waals surface area (Å²) in [6.45, 7) is 2.24. The molecule has 0 saturated heterocycles. The summed E-state index contributed by atoms with van der Waals surface area (Å²) in [7, 11) is 0. The van der Waals surface area contributed by atoms with Crippen molar-refractivity contribution in [2.45, 2.75) is 50.9 Å². The molecule has 1 atom stereocenters. The fourth-order valence-electron chi connectivity index (χ4n) is 1.66. The maximum Gasteiger partial charge on any atom is 0.232 e. The second kappa shape index (κ2) is 7.70. The Labute approximate surface area is 98.1 Å². The van der Waals surface area contributed by atoms with Crippen molar-refractivity contribution in [2.24, 2.45) is 0 Å². The van der Waals surface area contributed by atoms with E-state index in [0.29, 0.717) is 0 Å². The zero-order chi connectivity index (χ0) is 10.9. The molecule has 0 N–H and O–H groups in total. The minimum Gasteiger partial charge on any atom is -0.188 e. The number of aromatic nitrogens is 1. The van der Waals surface area contributed by atoms with Gasteiger partial charge in [-0.15, -0.1) is 0 Å². The van der Waals surface area contributed by atoms with Crippen LogP contribution in [0.2, 0.25) is 0 Å². The highest BCUT2D eigenvalue weighted by Gasteiger charge is 2.12. The number of hydrogen-bond acceptors (Lipinski definition) is 0. The predicted molar refractivity (Wildman–Crippen MR) is 64.9 cm³/mol. The van der Waals surface area contributed by atoms with Gasteiger partial charge in [0.1, 0.15) is 0 Å². The zero-order valence-electron chi connectivity index (χ0n) is 9.53. The number of halogens is 1. The van der Waals surface area contributed by atoms with Crippen molar-refractivity contribution in [3.05, 3.63) is 30.6 Å². The Morgan fingerprint density at radius 3 is 2.33 bits per heavy atom. The Hall–Kier alpha value is -0.560. The Balaban J connectivity index is 2.16. The summed E-state index contributed by atoms with van der Waals surface area (Å²) in [5.74, 6) is 0. The van der Waals surface area contributed by atoms with Crippen molar-refractivity contribution in [3.8, 4) is 0 Å². The summed E-state index contributed by atoms with van der Waals surface area (Å²) in [5, 5.41) is 0. The van der Waals surface area contributed by atoms with Crippen molar-refractivity contribution in [3.63, 3.8) is 0 Å². The second-order valence-electron chi connectivity index (χ2n) is 3.96. The average Bonchev–Trinajstić information content (AvgIpc) is 2.30. The molecule has 2 heteroatoms. The van der Waals surface area contributed by atoms with Crippen LogP contribution in [0.1, 0.15) is 50.9 Å². The van der Waals surface area contributed by atoms with Gasteiger partial charge in [-0.2, -0.15) is 4.57 Å². The number of unbranched alkanes of at least 4 members (excludes halogenated alkanes) is 4. The van der Waals surface area contributed by atoms with Gasteiger partial charge in [0.05, 0.1) is 0 Å². The third kappa shape index (κ3) is 5.17. The van der Waals surface area contributed by atoms with E-state index in [0.717, 1.165) is 6.42 Å². The Morgan fingerprint density at radius 1 is 1.00 bits per heavy atom. The molecule has 0 bridgehead atoms. The van der Waals surface area contributed by atoms with E-state index < -0.39 is 0 Å². The molecule has 15 heavy (non-hydrogen) atoms. The molecule has 1 aromatic heterocycles. The van der Waals surface area contributed by atoms with Crippen LogP contribution in [0, 0.1) is 0 Å². The minimum absolute atomic E-state index is 0.118. The average molecular weight is 227 g/mol. The molecule has 0 spiro atoms. The second-order valence-corrected chi connectivity index (χ2v) is 4.46. The van der Waals surface area contributed by atoms with Crippen LogP contribution < -0.4 is 4.57 Å². The first-order valence-electron chi connectivity index (χ1n) is 5.94. The highest BCUT2D eigenvalue weighted by molar-refractivity contribution is 6.17. The topological polar surface area (TPSA) is 3.88 Å². The van der Waals surface area contributed by atoms with Crippen LogP contribution in [0.5, 0.6) is 0 Å². The van der Waals surface area contributed by atoms with Gasteiger partial charge in [0.25, 0.3) is 0 Å². The molecule has 0 fully saturated rings. The van der Waals surface area contributed by atoms with Gasteiger partial charge in [0, 0.05) is 18.6 Å². The van der Waals surface area contributed by atoms with Gasteiger partial charge in [-0.05, 0) is 18.0 Å². The van der Waals surface area contributed by atoms with E-state index in [-0.39, 0.29) is 5.50 Å². The number of rotatable bonds is 7. The van der Waals surface area contributed by atoms with Gasteiger partial charge in [-0.3, -0.25) is 0 Å². The lowest BCUT2D eigenvalue weighted by molar-refractivity contribution is -0.703. The lowest BCUT2D eigenvalue weighted by Crippen LogP contribution is -2.35. The minimum atomic E-state index is 0.118. The van der Waals surface area contributed by atoms with Crippen LogP contribution in [0.4, 0.5) is 0 Å². The molecule has 84 valence electrons. The molecule has 0 aliphatic carbocycles. The van der Waals surface area contributed by atoms with Crippen LogP contribution in [-0.4, -0.2) is 0 Å². The van der Waals surface area contributed by atoms with Crippen molar-refractivity contribution in [1.82, 2.24) is 0 Å². The monoisotopic (exact) mass is 226 g/mol. The Kier molecular flexibility index (Phi) is 6.42. The molecule has 0 saturated carbocycles. The number of alkyl halides is 1. The van der Waals surface area contributed by atoms with Crippen LogP contribution in [-0.2, 0) is 0 Å². The van der Waals surface area contributed by atoms with E-state index >= 15 is 0 Å². The lowest BCUT2D eigenvalue weighted by Gasteiger charge is -2.04. The summed E-state index contributed by atoms with van der Waals surface area (Å²) in [4.78, 5) is 0. The van der Waals surface area contributed by atoms with Crippen LogP contribution in [0.15, 0.2) is 30.6 Å². The number of hydrogen-bond donors (Lipinski definition) is 0. The summed E-state index contributed by atoms with van der Waals surface area (Å²) < 4.78 is 2.07. The maximum atomic E-state index is 6.28. The molecular weight excluding hydrogens is 206 g/mol. The quantitative estimate of drug-likeness (QED) is 0.375. The molecule has 0 radical (unpaired) electrons. The highest BCUT2D eigenvalue weighted by atomic mass is 35.5. The van der Waals surface area contributed by atoms with E-state index in [4.69, 9.17) is 11.6 Å². The van der Waals surface area contributed by atoms with Crippen LogP contribution >= 0.6 is 11.6 Å². The predicted octanol–water partition coefficient (Wildman–Crippen LogP) is 4.07. The van der Waals surface area contributed by atoms with Crippen molar-refractivity contribution in [2.75, 3.05) is 0 Å². The van der Waals surface area contributed by atoms with E-state index in [1.165, 1.54) is 32.1 Å². The molecule has 1 unspecified atom stereocenters. The standard InChI is InChI=1S/C13H21ClN/c1-2-3-4-5-7-10-13(14)15-11-8-6-9-12-15/h6,8-9,11-13H,2-5,7,10H2,1H3/q+1. The van der Waals surface area contributed by atoms with Gasteiger partial charge in [0.15, 0.2) is 12.4 Å². The smallest absolute Gasteiger partial charge is 0.188 e. The van der Waals surface area contributed by atoms with Crippen molar-refractivity contribution in [1.29, 1.82) is 0 Å². The van der Waals surface area contributed by atoms with E-state index in [2.05, 4.69) is 11.5 Å². The normalized spacial score (nSPS) is 12.7. The first kappa shape index (κ1) is 12.5. The van der Waals surface area contributed by atoms with Crippen LogP contribution in [0.3, 0.4) is 0 Å². The van der Waals surface area contributed by atoms with Gasteiger partial charge >= 0.3 is 0 Å². The first-order chi connectivity index (χ1) is 7.34. The molecule has 1 rings (SSSR count). The van der Waals surface area contributed by atoms with Gasteiger partial charge < -0.3 is 0 Å². The van der Waals surface area contributed by atoms with E-state index in [1.807, 2.05) is 30.6 Å². The molecule has 0 aromatic carbocycles. The molecule has 0 amide bonds. The van der Waals surface area contributed by atoms with Gasteiger partial charge in [0.2, 0.25) is 5.50 Å².